The summed E-state index contributed by atoms with van der Waals surface area (Å²) < 4.78 is 6.40. The number of carboxylic acids is 1. The maximum atomic E-state index is 12.1. The molecular weight excluding hydrogens is 346 g/mol. The normalized spacial score (nSPS) is 19.1. The molecule has 7 heteroatoms. The van der Waals surface area contributed by atoms with E-state index >= 15 is 0 Å². The second kappa shape index (κ2) is 7.19. The van der Waals surface area contributed by atoms with Crippen molar-refractivity contribution in [2.75, 3.05) is 19.7 Å². The first kappa shape index (κ1) is 15.5. The smallest absolute Gasteiger partial charge is 0.306 e. The first-order valence-electron chi connectivity index (χ1n) is 6.38. The molecule has 1 aliphatic heterocycles. The summed E-state index contributed by atoms with van der Waals surface area (Å²) in [5.74, 6) is -0.832. The average molecular weight is 362 g/mol. The van der Waals surface area contributed by atoms with Gasteiger partial charge in [-0.05, 0) is 28.4 Å². The lowest BCUT2D eigenvalue weighted by Gasteiger charge is -2.32. The van der Waals surface area contributed by atoms with Gasteiger partial charge in [-0.1, -0.05) is 0 Å². The van der Waals surface area contributed by atoms with Crippen LogP contribution in [0.2, 0.25) is 0 Å². The molecule has 2 heterocycles. The fraction of sp³-hybridized carbons (Fsp3) is 0.538. The summed E-state index contributed by atoms with van der Waals surface area (Å²) in [6, 6.07) is 2.02. The zero-order valence-corrected chi connectivity index (χ0v) is 13.3. The SMILES string of the molecule is O=C(O)CC1CN(C(=O)CCc2cc(Br)cs2)CCO1. The Morgan fingerprint density at radius 1 is 1.55 bits per heavy atom. The van der Waals surface area contributed by atoms with Gasteiger partial charge in [0, 0.05) is 34.2 Å². The number of hydrogen-bond acceptors (Lipinski definition) is 4. The molecule has 1 fully saturated rings. The number of morpholine rings is 1. The van der Waals surface area contributed by atoms with Crippen LogP contribution in [0.4, 0.5) is 0 Å². The Bertz CT molecular complexity index is 490. The predicted octanol–water partition coefficient (Wildman–Crippen LogP) is 2.15. The van der Waals surface area contributed by atoms with E-state index in [9.17, 15) is 9.59 Å². The number of carboxylic acid groups (broad SMARTS) is 1. The Morgan fingerprint density at radius 2 is 2.35 bits per heavy atom. The quantitative estimate of drug-likeness (QED) is 0.872. The largest absolute Gasteiger partial charge is 0.481 e. The highest BCUT2D eigenvalue weighted by Gasteiger charge is 2.25. The van der Waals surface area contributed by atoms with Gasteiger partial charge in [-0.3, -0.25) is 9.59 Å². The molecule has 0 spiro atoms. The minimum Gasteiger partial charge on any atom is -0.481 e. The van der Waals surface area contributed by atoms with E-state index in [2.05, 4.69) is 15.9 Å². The lowest BCUT2D eigenvalue weighted by atomic mass is 10.2. The van der Waals surface area contributed by atoms with E-state index in [1.165, 1.54) is 4.88 Å². The molecule has 20 heavy (non-hydrogen) atoms. The van der Waals surface area contributed by atoms with Gasteiger partial charge in [0.1, 0.15) is 0 Å². The van der Waals surface area contributed by atoms with Crippen LogP contribution >= 0.6 is 27.3 Å². The van der Waals surface area contributed by atoms with Crippen molar-refractivity contribution >= 4 is 39.1 Å². The Morgan fingerprint density at radius 3 is 3.00 bits per heavy atom. The van der Waals surface area contributed by atoms with Gasteiger partial charge in [-0.25, -0.2) is 0 Å². The minimum atomic E-state index is -0.896. The summed E-state index contributed by atoms with van der Waals surface area (Å²) in [6.07, 6.45) is 0.728. The van der Waals surface area contributed by atoms with Crippen LogP contribution in [-0.2, 0) is 20.7 Å². The van der Waals surface area contributed by atoms with Gasteiger partial charge < -0.3 is 14.7 Å². The molecule has 1 atom stereocenters. The van der Waals surface area contributed by atoms with E-state index in [1.54, 1.807) is 16.2 Å². The van der Waals surface area contributed by atoms with E-state index < -0.39 is 5.97 Å². The fourth-order valence-corrected chi connectivity index (χ4v) is 3.59. The van der Waals surface area contributed by atoms with E-state index in [-0.39, 0.29) is 18.4 Å². The standard InChI is InChI=1S/C13H16BrNO4S/c14-9-5-11(20-8-9)1-2-12(16)15-3-4-19-10(7-15)6-13(17)18/h5,8,10H,1-4,6-7H2,(H,17,18). The fourth-order valence-electron chi connectivity index (χ4n) is 2.14. The summed E-state index contributed by atoms with van der Waals surface area (Å²) in [5, 5.41) is 10.8. The average Bonchev–Trinajstić information content (AvgIpc) is 2.81. The second-order valence-electron chi connectivity index (χ2n) is 4.66. The number of ether oxygens (including phenoxy) is 1. The molecule has 0 aliphatic carbocycles. The zero-order chi connectivity index (χ0) is 14.5. The van der Waals surface area contributed by atoms with Crippen molar-refractivity contribution in [3.63, 3.8) is 0 Å². The zero-order valence-electron chi connectivity index (χ0n) is 10.9. The van der Waals surface area contributed by atoms with Crippen molar-refractivity contribution in [3.8, 4) is 0 Å². The maximum Gasteiger partial charge on any atom is 0.306 e. The number of thiophene rings is 1. The van der Waals surface area contributed by atoms with E-state index in [0.29, 0.717) is 26.1 Å². The Labute approximate surface area is 129 Å². The number of aliphatic carboxylic acids is 1. The van der Waals surface area contributed by atoms with Crippen molar-refractivity contribution in [3.05, 3.63) is 20.8 Å². The maximum absolute atomic E-state index is 12.1. The van der Waals surface area contributed by atoms with Crippen LogP contribution in [0, 0.1) is 0 Å². The molecule has 110 valence electrons. The minimum absolute atomic E-state index is 0.0539. The molecule has 5 nitrogen and oxygen atoms in total. The number of rotatable bonds is 5. The van der Waals surface area contributed by atoms with Crippen molar-refractivity contribution in [2.45, 2.75) is 25.4 Å². The van der Waals surface area contributed by atoms with Gasteiger partial charge in [0.05, 0.1) is 19.1 Å². The van der Waals surface area contributed by atoms with Gasteiger partial charge in [-0.2, -0.15) is 0 Å². The summed E-state index contributed by atoms with van der Waals surface area (Å²) in [4.78, 5) is 25.7. The molecule has 2 rings (SSSR count). The third-order valence-electron chi connectivity index (χ3n) is 3.10. The molecular formula is C13H16BrNO4S. The van der Waals surface area contributed by atoms with Crippen molar-refractivity contribution < 1.29 is 19.4 Å². The van der Waals surface area contributed by atoms with E-state index in [0.717, 1.165) is 10.9 Å². The number of aryl methyl sites for hydroxylation is 1. The molecule has 0 bridgehead atoms. The third kappa shape index (κ3) is 4.57. The molecule has 1 aliphatic rings. The summed E-state index contributed by atoms with van der Waals surface area (Å²) >= 11 is 5.02. The van der Waals surface area contributed by atoms with Crippen molar-refractivity contribution in [1.82, 2.24) is 4.90 Å². The van der Waals surface area contributed by atoms with Crippen LogP contribution in [0.15, 0.2) is 15.9 Å². The second-order valence-corrected chi connectivity index (χ2v) is 6.57. The Kier molecular flexibility index (Phi) is 5.56. The van der Waals surface area contributed by atoms with Gasteiger partial charge >= 0.3 is 5.97 Å². The number of carbonyl (C=O) groups is 2. The Balaban J connectivity index is 1.81. The van der Waals surface area contributed by atoms with Crippen molar-refractivity contribution in [2.24, 2.45) is 0 Å². The summed E-state index contributed by atoms with van der Waals surface area (Å²) in [6.45, 7) is 1.33. The lowest BCUT2D eigenvalue weighted by molar-refractivity contribution is -0.147. The highest BCUT2D eigenvalue weighted by atomic mass is 79.9. The third-order valence-corrected chi connectivity index (χ3v) is 4.86. The monoisotopic (exact) mass is 361 g/mol. The van der Waals surface area contributed by atoms with E-state index in [4.69, 9.17) is 9.84 Å². The molecule has 1 aromatic heterocycles. The van der Waals surface area contributed by atoms with Gasteiger partial charge in [0.15, 0.2) is 0 Å². The molecule has 1 N–H and O–H groups in total. The van der Waals surface area contributed by atoms with E-state index in [1.807, 2.05) is 11.4 Å². The van der Waals surface area contributed by atoms with Crippen molar-refractivity contribution in [1.29, 1.82) is 0 Å². The molecule has 1 unspecified atom stereocenters. The predicted molar refractivity (Wildman–Crippen MR) is 78.9 cm³/mol. The van der Waals surface area contributed by atoms with Crippen LogP contribution in [0.1, 0.15) is 17.7 Å². The first-order chi connectivity index (χ1) is 9.54. The molecule has 1 saturated heterocycles. The number of carbonyl (C=O) groups excluding carboxylic acids is 1. The molecule has 1 aromatic rings. The topological polar surface area (TPSA) is 66.8 Å². The number of hydrogen-bond donors (Lipinski definition) is 1. The van der Waals surface area contributed by atoms with Crippen LogP contribution in [0.3, 0.4) is 0 Å². The molecule has 0 radical (unpaired) electrons. The number of halogens is 1. The molecule has 0 saturated carbocycles. The molecule has 1 amide bonds. The Hall–Kier alpha value is -0.920. The van der Waals surface area contributed by atoms with Gasteiger partial charge in [-0.15, -0.1) is 11.3 Å². The highest BCUT2D eigenvalue weighted by molar-refractivity contribution is 9.10. The van der Waals surface area contributed by atoms with Gasteiger partial charge in [0.2, 0.25) is 5.91 Å². The van der Waals surface area contributed by atoms with Gasteiger partial charge in [0.25, 0.3) is 0 Å². The number of amides is 1. The molecule has 0 aromatic carbocycles. The number of nitrogens with zero attached hydrogens (tertiary/aromatic N) is 1. The first-order valence-corrected chi connectivity index (χ1v) is 8.06. The summed E-state index contributed by atoms with van der Waals surface area (Å²) in [7, 11) is 0. The van der Waals surface area contributed by atoms with Crippen LogP contribution in [0.25, 0.3) is 0 Å². The van der Waals surface area contributed by atoms with Crippen LogP contribution in [-0.4, -0.2) is 47.7 Å². The van der Waals surface area contributed by atoms with Crippen LogP contribution < -0.4 is 0 Å². The van der Waals surface area contributed by atoms with Crippen LogP contribution in [0.5, 0.6) is 0 Å². The highest BCUT2D eigenvalue weighted by Crippen LogP contribution is 2.21. The lowest BCUT2D eigenvalue weighted by Crippen LogP contribution is -2.46. The summed E-state index contributed by atoms with van der Waals surface area (Å²) in [5.41, 5.74) is 0.